The average Bonchev–Trinajstić information content (AvgIpc) is 2.69. The van der Waals surface area contributed by atoms with Gasteiger partial charge in [-0.15, -0.1) is 0 Å². The molecule has 0 radical (unpaired) electrons. The summed E-state index contributed by atoms with van der Waals surface area (Å²) in [7, 11) is 1.54. The third-order valence-corrected chi connectivity index (χ3v) is 3.10. The molecule has 0 aliphatic carbocycles. The van der Waals surface area contributed by atoms with Crippen molar-refractivity contribution in [2.45, 2.75) is 18.9 Å². The van der Waals surface area contributed by atoms with Gasteiger partial charge in [0.25, 0.3) is 5.91 Å². The Kier molecular flexibility index (Phi) is 3.21. The lowest BCUT2D eigenvalue weighted by Crippen LogP contribution is -2.34. The van der Waals surface area contributed by atoms with Crippen LogP contribution in [0, 0.1) is 5.82 Å². The maximum Gasteiger partial charge on any atom is 0.257 e. The first-order valence-electron chi connectivity index (χ1n) is 5.78. The quantitative estimate of drug-likeness (QED) is 0.820. The van der Waals surface area contributed by atoms with Gasteiger partial charge in [-0.1, -0.05) is 0 Å². The fourth-order valence-electron chi connectivity index (χ4n) is 2.07. The van der Waals surface area contributed by atoms with E-state index in [0.29, 0.717) is 13.0 Å². The van der Waals surface area contributed by atoms with Gasteiger partial charge in [-0.05, 0) is 19.4 Å². The van der Waals surface area contributed by atoms with E-state index in [-0.39, 0.29) is 17.9 Å². The number of rotatable bonds is 2. The van der Waals surface area contributed by atoms with E-state index in [9.17, 15) is 14.3 Å². The third-order valence-electron chi connectivity index (χ3n) is 3.10. The van der Waals surface area contributed by atoms with Crippen LogP contribution in [0.3, 0.4) is 0 Å². The van der Waals surface area contributed by atoms with E-state index in [1.807, 2.05) is 0 Å². The van der Waals surface area contributed by atoms with Crippen LogP contribution in [0.4, 0.5) is 10.2 Å². The molecule has 2 heterocycles. The number of likely N-dealkylation sites (tertiary alicyclic amines) is 1. The highest BCUT2D eigenvalue weighted by molar-refractivity contribution is 5.95. The third kappa shape index (κ3) is 2.28. The van der Waals surface area contributed by atoms with Crippen molar-refractivity contribution >= 4 is 11.7 Å². The number of hydrogen-bond donors (Lipinski definition) is 2. The molecule has 1 saturated heterocycles. The van der Waals surface area contributed by atoms with E-state index >= 15 is 0 Å². The first-order valence-corrected chi connectivity index (χ1v) is 5.78. The number of nitrogens with zero attached hydrogens (tertiary/aromatic N) is 2. The molecule has 1 aromatic rings. The molecule has 2 N–H and O–H groups in total. The Hall–Kier alpha value is -1.69. The number of pyridine rings is 1. The first kappa shape index (κ1) is 12.8. The van der Waals surface area contributed by atoms with Gasteiger partial charge in [0.15, 0.2) is 11.6 Å². The molecule has 1 unspecified atom stereocenters. The van der Waals surface area contributed by atoms with Gasteiger partial charge < -0.3 is 15.3 Å². The summed E-state index contributed by atoms with van der Waals surface area (Å²) in [5.74, 6) is -1.02. The highest BCUT2D eigenvalue weighted by Crippen LogP contribution is 2.24. The van der Waals surface area contributed by atoms with E-state index in [1.54, 1.807) is 14.0 Å². The van der Waals surface area contributed by atoms with Gasteiger partial charge in [-0.2, -0.15) is 0 Å². The molecular formula is C12H16FN3O2. The lowest BCUT2D eigenvalue weighted by atomic mass is 10.1. The van der Waals surface area contributed by atoms with Crippen molar-refractivity contribution in [2.75, 3.05) is 25.5 Å². The zero-order valence-corrected chi connectivity index (χ0v) is 10.4. The number of carbonyl (C=O) groups is 1. The molecule has 18 heavy (non-hydrogen) atoms. The first-order chi connectivity index (χ1) is 8.44. The minimum absolute atomic E-state index is 0.0212. The number of halogens is 1. The Balaban J connectivity index is 2.25. The molecule has 0 saturated carbocycles. The van der Waals surface area contributed by atoms with E-state index in [2.05, 4.69) is 10.3 Å². The number of hydrogen-bond acceptors (Lipinski definition) is 4. The van der Waals surface area contributed by atoms with Crippen LogP contribution in [0.15, 0.2) is 12.3 Å². The summed E-state index contributed by atoms with van der Waals surface area (Å²) in [5.41, 5.74) is -0.905. The predicted octanol–water partition coefficient (Wildman–Crippen LogP) is 0.859. The van der Waals surface area contributed by atoms with E-state index in [4.69, 9.17) is 0 Å². The van der Waals surface area contributed by atoms with Crippen LogP contribution in [0.5, 0.6) is 0 Å². The largest absolute Gasteiger partial charge is 0.388 e. The summed E-state index contributed by atoms with van der Waals surface area (Å²) >= 11 is 0. The standard InChI is InChI=1S/C12H16FN3O2/c1-12(18)4-6-16(7-12)11(17)8-3-5-15-10(14-2)9(8)13/h3,5,18H,4,6-7H2,1-2H3,(H,14,15). The van der Waals surface area contributed by atoms with Crippen molar-refractivity contribution < 1.29 is 14.3 Å². The van der Waals surface area contributed by atoms with Crippen molar-refractivity contribution in [3.05, 3.63) is 23.6 Å². The van der Waals surface area contributed by atoms with Gasteiger partial charge in [-0.3, -0.25) is 4.79 Å². The molecular weight excluding hydrogens is 237 g/mol. The Morgan fingerprint density at radius 1 is 1.67 bits per heavy atom. The minimum atomic E-state index is -0.884. The molecule has 1 aromatic heterocycles. The van der Waals surface area contributed by atoms with Crippen LogP contribution in [0.2, 0.25) is 0 Å². The molecule has 0 bridgehead atoms. The number of amides is 1. The summed E-state index contributed by atoms with van der Waals surface area (Å²) in [6.07, 6.45) is 1.89. The lowest BCUT2D eigenvalue weighted by molar-refractivity contribution is 0.0569. The van der Waals surface area contributed by atoms with E-state index < -0.39 is 17.3 Å². The Bertz CT molecular complexity index is 476. The second-order valence-corrected chi connectivity index (χ2v) is 4.74. The van der Waals surface area contributed by atoms with Crippen LogP contribution in [0.25, 0.3) is 0 Å². The summed E-state index contributed by atoms with van der Waals surface area (Å²) in [6, 6.07) is 1.35. The van der Waals surface area contributed by atoms with Crippen LogP contribution < -0.4 is 5.32 Å². The molecule has 0 aromatic carbocycles. The normalized spacial score (nSPS) is 23.2. The number of aliphatic hydroxyl groups is 1. The number of nitrogens with one attached hydrogen (secondary N) is 1. The van der Waals surface area contributed by atoms with Crippen LogP contribution >= 0.6 is 0 Å². The van der Waals surface area contributed by atoms with Crippen molar-refractivity contribution in [1.82, 2.24) is 9.88 Å². The lowest BCUT2D eigenvalue weighted by Gasteiger charge is -2.19. The van der Waals surface area contributed by atoms with Gasteiger partial charge in [0.1, 0.15) is 0 Å². The fraction of sp³-hybridized carbons (Fsp3) is 0.500. The maximum absolute atomic E-state index is 13.9. The summed E-state index contributed by atoms with van der Waals surface area (Å²) in [6.45, 7) is 2.33. The Labute approximate surface area is 105 Å². The molecule has 6 heteroatoms. The SMILES string of the molecule is CNc1nccc(C(=O)N2CCC(C)(O)C2)c1F. The van der Waals surface area contributed by atoms with Gasteiger partial charge >= 0.3 is 0 Å². The topological polar surface area (TPSA) is 65.5 Å². The van der Waals surface area contributed by atoms with Gasteiger partial charge in [0, 0.05) is 26.3 Å². The van der Waals surface area contributed by atoms with Gasteiger partial charge in [-0.25, -0.2) is 9.37 Å². The Morgan fingerprint density at radius 3 is 2.94 bits per heavy atom. The number of aromatic nitrogens is 1. The smallest absolute Gasteiger partial charge is 0.257 e. The van der Waals surface area contributed by atoms with Gasteiger partial charge in [0.05, 0.1) is 11.2 Å². The van der Waals surface area contributed by atoms with E-state index in [1.165, 1.54) is 17.2 Å². The maximum atomic E-state index is 13.9. The minimum Gasteiger partial charge on any atom is -0.388 e. The van der Waals surface area contributed by atoms with E-state index in [0.717, 1.165) is 0 Å². The second-order valence-electron chi connectivity index (χ2n) is 4.74. The molecule has 1 aliphatic rings. The number of β-amino-alcohol motifs (C(OH)–C–C–N with tert-alkyl or cyclic N) is 1. The Morgan fingerprint density at radius 2 is 2.39 bits per heavy atom. The van der Waals surface area contributed by atoms with Crippen LogP contribution in [-0.2, 0) is 0 Å². The molecule has 5 nitrogen and oxygen atoms in total. The molecule has 1 amide bonds. The monoisotopic (exact) mass is 253 g/mol. The van der Waals surface area contributed by atoms with Crippen molar-refractivity contribution in [3.63, 3.8) is 0 Å². The second kappa shape index (κ2) is 4.53. The van der Waals surface area contributed by atoms with Crippen molar-refractivity contribution in [2.24, 2.45) is 0 Å². The van der Waals surface area contributed by atoms with Crippen molar-refractivity contribution in [3.8, 4) is 0 Å². The molecule has 0 spiro atoms. The van der Waals surface area contributed by atoms with Crippen molar-refractivity contribution in [1.29, 1.82) is 0 Å². The molecule has 1 fully saturated rings. The average molecular weight is 253 g/mol. The zero-order valence-electron chi connectivity index (χ0n) is 10.4. The summed E-state index contributed by atoms with van der Waals surface area (Å²) in [4.78, 5) is 17.4. The van der Waals surface area contributed by atoms with Gasteiger partial charge in [0.2, 0.25) is 0 Å². The molecule has 98 valence electrons. The number of anilines is 1. The highest BCUT2D eigenvalue weighted by atomic mass is 19.1. The molecule has 1 aliphatic heterocycles. The molecule has 2 rings (SSSR count). The highest BCUT2D eigenvalue weighted by Gasteiger charge is 2.35. The fourth-order valence-corrected chi connectivity index (χ4v) is 2.07. The number of carbonyl (C=O) groups excluding carboxylic acids is 1. The predicted molar refractivity (Wildman–Crippen MR) is 64.9 cm³/mol. The molecule has 1 atom stereocenters. The van der Waals surface area contributed by atoms with Crippen LogP contribution in [0.1, 0.15) is 23.7 Å². The summed E-state index contributed by atoms with van der Waals surface area (Å²) < 4.78 is 13.9. The van der Waals surface area contributed by atoms with Crippen LogP contribution in [-0.4, -0.2) is 46.6 Å². The summed E-state index contributed by atoms with van der Waals surface area (Å²) in [5, 5.41) is 12.4. The zero-order chi connectivity index (χ0) is 13.3.